The zero-order chi connectivity index (χ0) is 19.7. The molecule has 0 aliphatic rings. The van der Waals surface area contributed by atoms with Gasteiger partial charge >= 0.3 is 0 Å². The highest BCUT2D eigenvalue weighted by Gasteiger charge is 1.92. The van der Waals surface area contributed by atoms with Crippen molar-refractivity contribution in [3.05, 3.63) is 0 Å². The minimum absolute atomic E-state index is 0.256. The molecular weight excluding hydrogens is 320 g/mol. The average molecular weight is 363 g/mol. The van der Waals surface area contributed by atoms with Gasteiger partial charge in [0.25, 0.3) is 0 Å². The van der Waals surface area contributed by atoms with Crippen molar-refractivity contribution < 1.29 is 4.79 Å². The van der Waals surface area contributed by atoms with Gasteiger partial charge in [0.05, 0.1) is 0 Å². The first-order valence-electron chi connectivity index (χ1n) is 10.6. The van der Waals surface area contributed by atoms with Gasteiger partial charge in [0.15, 0.2) is 0 Å². The highest BCUT2D eigenvalue weighted by Crippen LogP contribution is 2.10. The van der Waals surface area contributed by atoms with E-state index in [-0.39, 0.29) is 5.91 Å². The lowest BCUT2D eigenvalue weighted by molar-refractivity contribution is -0.118. The number of nitrogens with two attached hydrogens (primary N) is 2. The SMILES string of the molecule is CCCCCCCCCCCCC#CC#CCCCC(N)=O.CCCN. The quantitative estimate of drug-likeness (QED) is 0.324. The fourth-order valence-corrected chi connectivity index (χ4v) is 2.27. The molecule has 0 heterocycles. The van der Waals surface area contributed by atoms with Crippen LogP contribution in [0.4, 0.5) is 0 Å². The normalized spacial score (nSPS) is 9.19. The van der Waals surface area contributed by atoms with E-state index in [0.29, 0.717) is 12.8 Å². The monoisotopic (exact) mass is 362 g/mol. The summed E-state index contributed by atoms with van der Waals surface area (Å²) >= 11 is 0. The zero-order valence-electron chi connectivity index (χ0n) is 17.4. The number of hydrogen-bond donors (Lipinski definition) is 2. The predicted molar refractivity (Wildman–Crippen MR) is 114 cm³/mol. The molecule has 0 bridgehead atoms. The number of carbonyl (C=O) groups excluding carboxylic acids is 1. The molecule has 1 amide bonds. The second-order valence-electron chi connectivity index (χ2n) is 6.64. The van der Waals surface area contributed by atoms with E-state index >= 15 is 0 Å². The minimum atomic E-state index is -0.256. The Morgan fingerprint density at radius 2 is 1.12 bits per heavy atom. The molecule has 3 nitrogen and oxygen atoms in total. The molecule has 0 spiro atoms. The molecule has 4 N–H and O–H groups in total. The number of primary amides is 1. The van der Waals surface area contributed by atoms with Crippen molar-refractivity contribution in [2.24, 2.45) is 11.5 Å². The molecule has 0 aromatic carbocycles. The number of unbranched alkanes of at least 4 members (excludes halogenated alkanes) is 11. The molecule has 0 saturated carbocycles. The minimum Gasteiger partial charge on any atom is -0.370 e. The van der Waals surface area contributed by atoms with E-state index in [2.05, 4.69) is 37.5 Å². The molecule has 0 aromatic rings. The third kappa shape index (κ3) is 30.4. The molecule has 0 rings (SSSR count). The van der Waals surface area contributed by atoms with E-state index in [0.717, 1.165) is 25.8 Å². The van der Waals surface area contributed by atoms with Crippen molar-refractivity contribution in [1.29, 1.82) is 0 Å². The first-order valence-corrected chi connectivity index (χ1v) is 10.6. The lowest BCUT2D eigenvalue weighted by atomic mass is 10.1. The van der Waals surface area contributed by atoms with Gasteiger partial charge in [-0.05, 0) is 37.6 Å². The Morgan fingerprint density at radius 3 is 1.54 bits per heavy atom. The van der Waals surface area contributed by atoms with Crippen LogP contribution in [0.25, 0.3) is 0 Å². The van der Waals surface area contributed by atoms with Gasteiger partial charge < -0.3 is 11.5 Å². The van der Waals surface area contributed by atoms with Crippen molar-refractivity contribution in [2.75, 3.05) is 6.54 Å². The Bertz CT molecular complexity index is 407. The second kappa shape index (κ2) is 25.8. The molecule has 0 radical (unpaired) electrons. The van der Waals surface area contributed by atoms with Crippen LogP contribution in [-0.2, 0) is 4.79 Å². The Kier molecular flexibility index (Phi) is 26.6. The number of rotatable bonds is 14. The van der Waals surface area contributed by atoms with Crippen LogP contribution in [-0.4, -0.2) is 12.5 Å². The molecule has 0 aliphatic carbocycles. The summed E-state index contributed by atoms with van der Waals surface area (Å²) in [6.07, 6.45) is 17.5. The molecule has 150 valence electrons. The Morgan fingerprint density at radius 1 is 0.692 bits per heavy atom. The first kappa shape index (κ1) is 26.8. The van der Waals surface area contributed by atoms with Gasteiger partial charge in [-0.1, -0.05) is 83.5 Å². The third-order valence-electron chi connectivity index (χ3n) is 3.91. The maximum atomic E-state index is 10.5. The third-order valence-corrected chi connectivity index (χ3v) is 3.91. The van der Waals surface area contributed by atoms with Crippen LogP contribution in [0.2, 0.25) is 0 Å². The molecule has 0 fully saturated rings. The maximum absolute atomic E-state index is 10.5. The van der Waals surface area contributed by atoms with Crippen molar-refractivity contribution in [3.8, 4) is 23.7 Å². The summed E-state index contributed by atoms with van der Waals surface area (Å²) in [6, 6.07) is 0. The lowest BCUT2D eigenvalue weighted by Crippen LogP contribution is -2.09. The maximum Gasteiger partial charge on any atom is 0.217 e. The molecule has 0 aromatic heterocycles. The number of amides is 1. The average Bonchev–Trinajstić information content (AvgIpc) is 2.64. The standard InChI is InChI=1S/C20H33NO.C3H9N/c1-2-3-4-5-6-7-8-9-10-11-12-13-14-15-16-17-18-19-20(21)22;1-2-3-4/h2-12,17-19H2,1H3,(H2,21,22);2-4H2,1H3. The predicted octanol–water partition coefficient (Wildman–Crippen LogP) is 5.31. The molecule has 26 heavy (non-hydrogen) atoms. The van der Waals surface area contributed by atoms with E-state index in [1.165, 1.54) is 64.2 Å². The Labute approximate surface area is 163 Å². The Hall–Kier alpha value is -1.45. The summed E-state index contributed by atoms with van der Waals surface area (Å²) in [6.45, 7) is 5.14. The van der Waals surface area contributed by atoms with Gasteiger partial charge in [0, 0.05) is 19.3 Å². The highest BCUT2D eigenvalue weighted by molar-refractivity contribution is 5.73. The molecule has 0 unspecified atom stereocenters. The summed E-state index contributed by atoms with van der Waals surface area (Å²) < 4.78 is 0. The summed E-state index contributed by atoms with van der Waals surface area (Å²) in [7, 11) is 0. The second-order valence-corrected chi connectivity index (χ2v) is 6.64. The Balaban J connectivity index is 0. The molecule has 0 aliphatic heterocycles. The van der Waals surface area contributed by atoms with Gasteiger partial charge in [0.2, 0.25) is 5.91 Å². The molecular formula is C23H42N2O. The van der Waals surface area contributed by atoms with Crippen LogP contribution >= 0.6 is 0 Å². The molecule has 0 atom stereocenters. The fourth-order valence-electron chi connectivity index (χ4n) is 2.27. The van der Waals surface area contributed by atoms with E-state index < -0.39 is 0 Å². The summed E-state index contributed by atoms with van der Waals surface area (Å²) in [5, 5.41) is 0. The summed E-state index contributed by atoms with van der Waals surface area (Å²) in [4.78, 5) is 10.5. The van der Waals surface area contributed by atoms with Crippen LogP contribution in [0.5, 0.6) is 0 Å². The summed E-state index contributed by atoms with van der Waals surface area (Å²) in [5.41, 5.74) is 10.1. The summed E-state index contributed by atoms with van der Waals surface area (Å²) in [5.74, 6) is 11.5. The van der Waals surface area contributed by atoms with E-state index in [9.17, 15) is 4.79 Å². The van der Waals surface area contributed by atoms with Gasteiger partial charge in [-0.2, -0.15) is 0 Å². The smallest absolute Gasteiger partial charge is 0.217 e. The van der Waals surface area contributed by atoms with Crippen molar-refractivity contribution in [3.63, 3.8) is 0 Å². The van der Waals surface area contributed by atoms with Crippen molar-refractivity contribution in [2.45, 2.75) is 110 Å². The zero-order valence-corrected chi connectivity index (χ0v) is 17.4. The van der Waals surface area contributed by atoms with Crippen molar-refractivity contribution in [1.82, 2.24) is 0 Å². The van der Waals surface area contributed by atoms with Crippen LogP contribution in [0.3, 0.4) is 0 Å². The van der Waals surface area contributed by atoms with Crippen LogP contribution in [0, 0.1) is 23.7 Å². The number of hydrogen-bond acceptors (Lipinski definition) is 2. The van der Waals surface area contributed by atoms with Gasteiger partial charge in [-0.15, -0.1) is 0 Å². The number of carbonyl (C=O) groups is 1. The van der Waals surface area contributed by atoms with Crippen LogP contribution in [0.15, 0.2) is 0 Å². The van der Waals surface area contributed by atoms with E-state index in [1.54, 1.807) is 0 Å². The topological polar surface area (TPSA) is 69.1 Å². The van der Waals surface area contributed by atoms with Crippen LogP contribution in [0.1, 0.15) is 110 Å². The van der Waals surface area contributed by atoms with Gasteiger partial charge in [-0.25, -0.2) is 0 Å². The molecule has 0 saturated heterocycles. The highest BCUT2D eigenvalue weighted by atomic mass is 16.1. The van der Waals surface area contributed by atoms with E-state index in [4.69, 9.17) is 11.5 Å². The first-order chi connectivity index (χ1) is 12.7. The largest absolute Gasteiger partial charge is 0.370 e. The van der Waals surface area contributed by atoms with Gasteiger partial charge in [0.1, 0.15) is 0 Å². The molecule has 3 heteroatoms. The van der Waals surface area contributed by atoms with Crippen molar-refractivity contribution >= 4 is 5.91 Å². The lowest BCUT2D eigenvalue weighted by Gasteiger charge is -2.00. The van der Waals surface area contributed by atoms with Gasteiger partial charge in [-0.3, -0.25) is 4.79 Å². The van der Waals surface area contributed by atoms with Crippen LogP contribution < -0.4 is 11.5 Å². The fraction of sp³-hybridized carbons (Fsp3) is 0.783. The van der Waals surface area contributed by atoms with E-state index in [1.807, 2.05) is 0 Å².